The molecule has 0 aliphatic carbocycles. The van der Waals surface area contributed by atoms with E-state index in [-0.39, 0.29) is 6.10 Å². The fourth-order valence-electron chi connectivity index (χ4n) is 1.91. The number of hydrogen-bond donors (Lipinski definition) is 2. The highest BCUT2D eigenvalue weighted by Crippen LogP contribution is 2.30. The van der Waals surface area contributed by atoms with Crippen molar-refractivity contribution in [2.45, 2.75) is 13.0 Å². The molecule has 7 heteroatoms. The molecule has 3 aromatic rings. The molecule has 1 unspecified atom stereocenters. The summed E-state index contributed by atoms with van der Waals surface area (Å²) in [4.78, 5) is 0. The normalized spacial score (nSPS) is 11.9. The lowest BCUT2D eigenvalue weighted by Crippen LogP contribution is -2.05. The number of ether oxygens (including phenoxy) is 2. The van der Waals surface area contributed by atoms with E-state index in [0.717, 1.165) is 0 Å². The Kier molecular flexibility index (Phi) is 3.86. The molecule has 22 heavy (non-hydrogen) atoms. The van der Waals surface area contributed by atoms with Gasteiger partial charge in [-0.2, -0.15) is 5.21 Å². The van der Waals surface area contributed by atoms with E-state index in [2.05, 4.69) is 20.6 Å². The van der Waals surface area contributed by atoms with Crippen molar-refractivity contribution in [3.8, 4) is 17.2 Å². The zero-order chi connectivity index (χ0) is 15.4. The number of benzene rings is 2. The van der Waals surface area contributed by atoms with E-state index in [0.29, 0.717) is 28.8 Å². The van der Waals surface area contributed by atoms with E-state index >= 15 is 0 Å². The zero-order valence-electron chi connectivity index (χ0n) is 11.9. The summed E-state index contributed by atoms with van der Waals surface area (Å²) in [6.07, 6.45) is -0.323. The summed E-state index contributed by atoms with van der Waals surface area (Å²) >= 11 is 0. The Bertz CT molecular complexity index is 745. The summed E-state index contributed by atoms with van der Waals surface area (Å²) in [5, 5.41) is 13.7. The molecule has 0 saturated carbocycles. The number of nitrogens with two attached hydrogens (primary N) is 1. The minimum absolute atomic E-state index is 0.323. The van der Waals surface area contributed by atoms with Gasteiger partial charge in [-0.1, -0.05) is 23.4 Å². The SMILES string of the molecule is CC(Oc1cccc(Oc2ccccc2N)c1)c1nn[nH]n1. The van der Waals surface area contributed by atoms with Gasteiger partial charge in [0.1, 0.15) is 17.2 Å². The quantitative estimate of drug-likeness (QED) is 0.702. The molecular formula is C15H15N5O2. The Balaban J connectivity index is 1.74. The zero-order valence-corrected chi connectivity index (χ0v) is 11.9. The summed E-state index contributed by atoms with van der Waals surface area (Å²) < 4.78 is 11.5. The highest BCUT2D eigenvalue weighted by Gasteiger charge is 2.12. The number of anilines is 1. The minimum atomic E-state index is -0.323. The molecule has 0 fully saturated rings. The molecule has 0 aliphatic rings. The Morgan fingerprint density at radius 3 is 2.68 bits per heavy atom. The van der Waals surface area contributed by atoms with E-state index in [9.17, 15) is 0 Å². The van der Waals surface area contributed by atoms with Gasteiger partial charge in [-0.15, -0.1) is 10.2 Å². The Morgan fingerprint density at radius 1 is 1.09 bits per heavy atom. The Hall–Kier alpha value is -3.09. The maximum atomic E-state index is 5.87. The summed E-state index contributed by atoms with van der Waals surface area (Å²) in [6.45, 7) is 1.84. The van der Waals surface area contributed by atoms with Crippen LogP contribution in [0.1, 0.15) is 18.9 Å². The van der Waals surface area contributed by atoms with Crippen molar-refractivity contribution in [3.05, 3.63) is 54.4 Å². The van der Waals surface area contributed by atoms with Gasteiger partial charge < -0.3 is 15.2 Å². The number of tetrazole rings is 1. The Morgan fingerprint density at radius 2 is 1.91 bits per heavy atom. The van der Waals surface area contributed by atoms with Crippen molar-refractivity contribution in [1.82, 2.24) is 20.6 Å². The van der Waals surface area contributed by atoms with E-state index in [1.54, 1.807) is 12.1 Å². The average Bonchev–Trinajstić information content (AvgIpc) is 3.04. The molecule has 0 bridgehead atoms. The first-order valence-electron chi connectivity index (χ1n) is 6.75. The molecule has 0 radical (unpaired) electrons. The maximum absolute atomic E-state index is 5.87. The Labute approximate surface area is 127 Å². The van der Waals surface area contributed by atoms with Gasteiger partial charge in [-0.05, 0) is 31.2 Å². The van der Waals surface area contributed by atoms with Crippen molar-refractivity contribution in [2.24, 2.45) is 0 Å². The lowest BCUT2D eigenvalue weighted by molar-refractivity contribution is 0.216. The predicted molar refractivity (Wildman–Crippen MR) is 80.6 cm³/mol. The van der Waals surface area contributed by atoms with Crippen LogP contribution in [0.2, 0.25) is 0 Å². The molecule has 3 N–H and O–H groups in total. The summed E-state index contributed by atoms with van der Waals surface area (Å²) in [5.41, 5.74) is 6.45. The summed E-state index contributed by atoms with van der Waals surface area (Å²) in [7, 11) is 0. The first-order valence-corrected chi connectivity index (χ1v) is 6.75. The van der Waals surface area contributed by atoms with Gasteiger partial charge in [0, 0.05) is 6.07 Å². The molecular weight excluding hydrogens is 282 g/mol. The third-order valence-electron chi connectivity index (χ3n) is 2.99. The maximum Gasteiger partial charge on any atom is 0.214 e. The van der Waals surface area contributed by atoms with Crippen LogP contribution in [0.5, 0.6) is 17.2 Å². The smallest absolute Gasteiger partial charge is 0.214 e. The average molecular weight is 297 g/mol. The fraction of sp³-hybridized carbons (Fsp3) is 0.133. The number of aromatic nitrogens is 4. The van der Waals surface area contributed by atoms with E-state index in [1.165, 1.54) is 0 Å². The third kappa shape index (κ3) is 3.14. The number of hydrogen-bond acceptors (Lipinski definition) is 6. The van der Waals surface area contributed by atoms with Crippen LogP contribution in [0.4, 0.5) is 5.69 Å². The van der Waals surface area contributed by atoms with Crippen molar-refractivity contribution in [1.29, 1.82) is 0 Å². The van der Waals surface area contributed by atoms with Gasteiger partial charge >= 0.3 is 0 Å². The van der Waals surface area contributed by atoms with Crippen LogP contribution in [0.15, 0.2) is 48.5 Å². The minimum Gasteiger partial charge on any atom is -0.482 e. The molecule has 0 aliphatic heterocycles. The number of rotatable bonds is 5. The van der Waals surface area contributed by atoms with Crippen LogP contribution in [0, 0.1) is 0 Å². The highest BCUT2D eigenvalue weighted by atomic mass is 16.5. The summed E-state index contributed by atoms with van der Waals surface area (Å²) in [6, 6.07) is 14.6. The lowest BCUT2D eigenvalue weighted by atomic mass is 10.3. The van der Waals surface area contributed by atoms with Crippen LogP contribution in [-0.2, 0) is 0 Å². The number of para-hydroxylation sites is 2. The van der Waals surface area contributed by atoms with Crippen LogP contribution in [0.3, 0.4) is 0 Å². The number of H-pyrrole nitrogens is 1. The van der Waals surface area contributed by atoms with Crippen molar-refractivity contribution < 1.29 is 9.47 Å². The molecule has 1 aromatic heterocycles. The monoisotopic (exact) mass is 297 g/mol. The molecule has 7 nitrogen and oxygen atoms in total. The first-order chi connectivity index (χ1) is 10.7. The first kappa shape index (κ1) is 13.9. The van der Waals surface area contributed by atoms with E-state index in [4.69, 9.17) is 15.2 Å². The van der Waals surface area contributed by atoms with Gasteiger partial charge in [-0.25, -0.2) is 0 Å². The standard InChI is InChI=1S/C15H15N5O2/c1-10(15-17-19-20-18-15)21-11-5-4-6-12(9-11)22-14-8-3-2-7-13(14)16/h2-10H,16H2,1H3,(H,17,18,19,20). The van der Waals surface area contributed by atoms with Crippen molar-refractivity contribution in [3.63, 3.8) is 0 Å². The molecule has 112 valence electrons. The summed E-state index contributed by atoms with van der Waals surface area (Å²) in [5.74, 6) is 2.37. The van der Waals surface area contributed by atoms with E-state index < -0.39 is 0 Å². The van der Waals surface area contributed by atoms with Gasteiger partial charge in [0.2, 0.25) is 5.82 Å². The van der Waals surface area contributed by atoms with Crippen LogP contribution in [-0.4, -0.2) is 20.6 Å². The molecule has 3 rings (SSSR count). The molecule has 0 saturated heterocycles. The van der Waals surface area contributed by atoms with E-state index in [1.807, 2.05) is 43.3 Å². The van der Waals surface area contributed by atoms with Gasteiger partial charge in [0.15, 0.2) is 6.10 Å². The number of aromatic amines is 1. The molecule has 0 spiro atoms. The second kappa shape index (κ2) is 6.13. The predicted octanol–water partition coefficient (Wildman–Crippen LogP) is 2.71. The third-order valence-corrected chi connectivity index (χ3v) is 2.99. The number of nitrogens with one attached hydrogen (secondary N) is 1. The second-order valence-corrected chi connectivity index (χ2v) is 4.64. The number of nitrogen functional groups attached to an aromatic ring is 1. The lowest BCUT2D eigenvalue weighted by Gasteiger charge is -2.13. The van der Waals surface area contributed by atoms with Crippen molar-refractivity contribution in [2.75, 3.05) is 5.73 Å². The number of nitrogens with zero attached hydrogens (tertiary/aromatic N) is 3. The fourth-order valence-corrected chi connectivity index (χ4v) is 1.91. The molecule has 1 heterocycles. The van der Waals surface area contributed by atoms with Crippen molar-refractivity contribution >= 4 is 5.69 Å². The van der Waals surface area contributed by atoms with Crippen LogP contribution < -0.4 is 15.2 Å². The highest BCUT2D eigenvalue weighted by molar-refractivity contribution is 5.53. The second-order valence-electron chi connectivity index (χ2n) is 4.64. The van der Waals surface area contributed by atoms with Gasteiger partial charge in [-0.3, -0.25) is 0 Å². The van der Waals surface area contributed by atoms with Crippen LogP contribution in [0.25, 0.3) is 0 Å². The van der Waals surface area contributed by atoms with Crippen LogP contribution >= 0.6 is 0 Å². The van der Waals surface area contributed by atoms with Gasteiger partial charge in [0.25, 0.3) is 0 Å². The molecule has 0 amide bonds. The molecule has 1 atom stereocenters. The topological polar surface area (TPSA) is 98.9 Å². The largest absolute Gasteiger partial charge is 0.482 e. The molecule has 2 aromatic carbocycles. The van der Waals surface area contributed by atoms with Gasteiger partial charge in [0.05, 0.1) is 5.69 Å².